The minimum absolute atomic E-state index is 0.363. The molecule has 14 heavy (non-hydrogen) atoms. The molecule has 0 aliphatic heterocycles. The van der Waals surface area contributed by atoms with Crippen LogP contribution in [0, 0.1) is 6.92 Å². The molecule has 1 unspecified atom stereocenters. The summed E-state index contributed by atoms with van der Waals surface area (Å²) in [5.74, 6) is 0. The van der Waals surface area contributed by atoms with Crippen molar-refractivity contribution in [1.29, 1.82) is 0 Å². The fraction of sp³-hybridized carbons (Fsp3) is 0.100. The number of benzene rings is 1. The highest BCUT2D eigenvalue weighted by Crippen LogP contribution is 2.19. The van der Waals surface area contributed by atoms with Crippen LogP contribution in [0.25, 0.3) is 10.9 Å². The molecule has 3 nitrogen and oxygen atoms in total. The van der Waals surface area contributed by atoms with Gasteiger partial charge in [0.05, 0.1) is 10.4 Å². The van der Waals surface area contributed by atoms with Crippen LogP contribution in [0.15, 0.2) is 35.4 Å². The van der Waals surface area contributed by atoms with Gasteiger partial charge in [0.25, 0.3) is 0 Å². The molecular weight excluding hydrogens is 198 g/mol. The molecule has 72 valence electrons. The van der Waals surface area contributed by atoms with Gasteiger partial charge in [0.1, 0.15) is 0 Å². The number of fused-ring (bicyclic) bond motifs is 1. The standard InChI is InChI=1S/C10H9NO2S/c1-7-5-8-3-2-4-9(14(12)13)10(8)11-6-7/h2-6H,1H3,(H,12,13). The lowest BCUT2D eigenvalue weighted by Gasteiger charge is -2.01. The van der Waals surface area contributed by atoms with E-state index in [4.69, 9.17) is 4.55 Å². The summed E-state index contributed by atoms with van der Waals surface area (Å²) >= 11 is -1.97. The summed E-state index contributed by atoms with van der Waals surface area (Å²) in [5, 5.41) is 0.893. The van der Waals surface area contributed by atoms with Gasteiger partial charge in [-0.05, 0) is 24.6 Å². The Balaban J connectivity index is 2.81. The van der Waals surface area contributed by atoms with E-state index in [0.717, 1.165) is 10.9 Å². The van der Waals surface area contributed by atoms with Gasteiger partial charge in [-0.2, -0.15) is 0 Å². The first-order chi connectivity index (χ1) is 6.68. The van der Waals surface area contributed by atoms with E-state index in [2.05, 4.69) is 4.98 Å². The van der Waals surface area contributed by atoms with E-state index in [1.807, 2.05) is 19.1 Å². The van der Waals surface area contributed by atoms with Gasteiger partial charge >= 0.3 is 0 Å². The minimum atomic E-state index is -1.97. The first kappa shape index (κ1) is 9.30. The number of nitrogens with zero attached hydrogens (tertiary/aromatic N) is 1. The fourth-order valence-electron chi connectivity index (χ4n) is 1.38. The van der Waals surface area contributed by atoms with E-state index in [9.17, 15) is 4.21 Å². The minimum Gasteiger partial charge on any atom is -0.302 e. The van der Waals surface area contributed by atoms with Crippen LogP contribution < -0.4 is 0 Å². The van der Waals surface area contributed by atoms with Crippen molar-refractivity contribution in [3.63, 3.8) is 0 Å². The Morgan fingerprint density at radius 2 is 2.21 bits per heavy atom. The zero-order valence-corrected chi connectivity index (χ0v) is 8.41. The molecule has 0 spiro atoms. The second kappa shape index (κ2) is 3.48. The fourth-order valence-corrected chi connectivity index (χ4v) is 1.91. The quantitative estimate of drug-likeness (QED) is 0.729. The molecule has 1 heterocycles. The summed E-state index contributed by atoms with van der Waals surface area (Å²) < 4.78 is 20.0. The van der Waals surface area contributed by atoms with Crippen molar-refractivity contribution >= 4 is 22.0 Å². The summed E-state index contributed by atoms with van der Waals surface area (Å²) in [6.07, 6.45) is 1.69. The SMILES string of the molecule is Cc1cnc2c(S(=O)O)cccc2c1. The van der Waals surface area contributed by atoms with E-state index < -0.39 is 11.1 Å². The summed E-state index contributed by atoms with van der Waals surface area (Å²) in [7, 11) is 0. The first-order valence-electron chi connectivity index (χ1n) is 4.15. The van der Waals surface area contributed by atoms with Gasteiger partial charge in [-0.1, -0.05) is 12.1 Å². The van der Waals surface area contributed by atoms with Crippen LogP contribution in [-0.2, 0) is 11.1 Å². The lowest BCUT2D eigenvalue weighted by atomic mass is 10.2. The highest BCUT2D eigenvalue weighted by molar-refractivity contribution is 7.79. The maximum atomic E-state index is 11.0. The summed E-state index contributed by atoms with van der Waals surface area (Å²) in [4.78, 5) is 4.51. The Labute approximate surface area is 84.1 Å². The number of pyridine rings is 1. The van der Waals surface area contributed by atoms with Crippen LogP contribution in [0.1, 0.15) is 5.56 Å². The zero-order chi connectivity index (χ0) is 10.1. The number of para-hydroxylation sites is 1. The summed E-state index contributed by atoms with van der Waals surface area (Å²) in [6, 6.07) is 7.19. The molecule has 1 N–H and O–H groups in total. The lowest BCUT2D eigenvalue weighted by Crippen LogP contribution is -1.92. The number of hydrogen-bond donors (Lipinski definition) is 1. The van der Waals surface area contributed by atoms with Crippen LogP contribution >= 0.6 is 0 Å². The molecule has 1 aromatic carbocycles. The largest absolute Gasteiger partial charge is 0.302 e. The maximum Gasteiger partial charge on any atom is 0.188 e. The molecule has 0 bridgehead atoms. The molecule has 0 aliphatic rings. The van der Waals surface area contributed by atoms with Gasteiger partial charge in [-0.25, -0.2) is 4.21 Å². The number of aryl methyl sites for hydroxylation is 1. The summed E-state index contributed by atoms with van der Waals surface area (Å²) in [5.41, 5.74) is 1.64. The molecule has 0 radical (unpaired) electrons. The van der Waals surface area contributed by atoms with Crippen LogP contribution in [-0.4, -0.2) is 13.7 Å². The van der Waals surface area contributed by atoms with Gasteiger partial charge in [-0.15, -0.1) is 0 Å². The number of hydrogen-bond acceptors (Lipinski definition) is 2. The predicted molar refractivity (Wildman–Crippen MR) is 55.5 cm³/mol. The monoisotopic (exact) mass is 207 g/mol. The smallest absolute Gasteiger partial charge is 0.188 e. The Kier molecular flexibility index (Phi) is 2.31. The predicted octanol–water partition coefficient (Wildman–Crippen LogP) is 2.12. The molecule has 0 amide bonds. The van der Waals surface area contributed by atoms with Crippen molar-refractivity contribution < 1.29 is 8.76 Å². The topological polar surface area (TPSA) is 50.2 Å². The molecular formula is C10H9NO2S. The average Bonchev–Trinajstić information content (AvgIpc) is 2.16. The van der Waals surface area contributed by atoms with Crippen LogP contribution in [0.2, 0.25) is 0 Å². The van der Waals surface area contributed by atoms with Crippen LogP contribution in [0.4, 0.5) is 0 Å². The second-order valence-electron chi connectivity index (χ2n) is 3.09. The van der Waals surface area contributed by atoms with Crippen molar-refractivity contribution in [2.24, 2.45) is 0 Å². The number of rotatable bonds is 1. The average molecular weight is 207 g/mol. The van der Waals surface area contributed by atoms with Crippen LogP contribution in [0.5, 0.6) is 0 Å². The third-order valence-corrected chi connectivity index (χ3v) is 2.70. The van der Waals surface area contributed by atoms with Gasteiger partial charge in [0.15, 0.2) is 11.1 Å². The first-order valence-corrected chi connectivity index (χ1v) is 5.25. The van der Waals surface area contributed by atoms with Crippen LogP contribution in [0.3, 0.4) is 0 Å². The Bertz CT molecular complexity index is 510. The van der Waals surface area contributed by atoms with E-state index in [1.165, 1.54) is 0 Å². The molecule has 0 saturated carbocycles. The van der Waals surface area contributed by atoms with Gasteiger partial charge in [-0.3, -0.25) is 4.98 Å². The van der Waals surface area contributed by atoms with Crippen molar-refractivity contribution in [3.8, 4) is 0 Å². The molecule has 1 atom stereocenters. The van der Waals surface area contributed by atoms with Crippen molar-refractivity contribution in [2.75, 3.05) is 0 Å². The molecule has 2 aromatic rings. The zero-order valence-electron chi connectivity index (χ0n) is 7.60. The lowest BCUT2D eigenvalue weighted by molar-refractivity contribution is 0.565. The number of aromatic nitrogens is 1. The summed E-state index contributed by atoms with van der Waals surface area (Å²) in [6.45, 7) is 1.94. The van der Waals surface area contributed by atoms with E-state index in [-0.39, 0.29) is 0 Å². The third-order valence-electron chi connectivity index (χ3n) is 2.00. The maximum absolute atomic E-state index is 11.0. The Morgan fingerprint density at radius 3 is 2.93 bits per heavy atom. The van der Waals surface area contributed by atoms with E-state index in [1.54, 1.807) is 18.3 Å². The van der Waals surface area contributed by atoms with E-state index in [0.29, 0.717) is 10.4 Å². The molecule has 0 aliphatic carbocycles. The van der Waals surface area contributed by atoms with Crippen molar-refractivity contribution in [1.82, 2.24) is 4.98 Å². The molecule has 2 rings (SSSR count). The van der Waals surface area contributed by atoms with Crippen molar-refractivity contribution in [3.05, 3.63) is 36.0 Å². The van der Waals surface area contributed by atoms with Crippen molar-refractivity contribution in [2.45, 2.75) is 11.8 Å². The second-order valence-corrected chi connectivity index (χ2v) is 4.03. The Morgan fingerprint density at radius 1 is 1.43 bits per heavy atom. The Hall–Kier alpha value is -1.26. The molecule has 4 heteroatoms. The van der Waals surface area contributed by atoms with Gasteiger partial charge in [0.2, 0.25) is 0 Å². The van der Waals surface area contributed by atoms with E-state index >= 15 is 0 Å². The van der Waals surface area contributed by atoms with Gasteiger partial charge < -0.3 is 4.55 Å². The third kappa shape index (κ3) is 1.54. The van der Waals surface area contributed by atoms with Gasteiger partial charge in [0, 0.05) is 11.6 Å². The molecule has 0 saturated heterocycles. The molecule has 0 fully saturated rings. The highest BCUT2D eigenvalue weighted by Gasteiger charge is 2.06. The normalized spacial score (nSPS) is 13.0. The molecule has 1 aromatic heterocycles. The highest BCUT2D eigenvalue weighted by atomic mass is 32.2.